The van der Waals surface area contributed by atoms with Gasteiger partial charge in [0.2, 0.25) is 5.91 Å². The van der Waals surface area contributed by atoms with Crippen molar-refractivity contribution in [2.24, 2.45) is 5.73 Å². The van der Waals surface area contributed by atoms with Crippen LogP contribution in [0.15, 0.2) is 18.2 Å². The molecule has 0 aliphatic rings. The number of methoxy groups -OCH3 is 1. The number of rotatable bonds is 5. The molecule has 0 radical (unpaired) electrons. The zero-order chi connectivity index (χ0) is 15.3. The van der Waals surface area contributed by atoms with Gasteiger partial charge in [0.25, 0.3) is 0 Å². The molecule has 0 aliphatic heterocycles. The summed E-state index contributed by atoms with van der Waals surface area (Å²) in [5, 5.41) is 2.34. The first-order valence-electron chi connectivity index (χ1n) is 5.67. The van der Waals surface area contributed by atoms with Crippen LogP contribution in [0.3, 0.4) is 0 Å². The van der Waals surface area contributed by atoms with Crippen molar-refractivity contribution >= 4 is 23.2 Å². The Labute approximate surface area is 119 Å². The van der Waals surface area contributed by atoms with Gasteiger partial charge in [0.05, 0.1) is 28.8 Å². The van der Waals surface area contributed by atoms with E-state index in [0.29, 0.717) is 0 Å². The number of hydrogen-bond donors (Lipinski definition) is 2. The number of nitrogens with two attached hydrogens (primary N) is 1. The molecular weight excluding hydrogens is 297 g/mol. The van der Waals surface area contributed by atoms with Crippen LogP contribution in [-0.4, -0.2) is 25.7 Å². The maximum absolute atomic E-state index is 12.6. The predicted molar refractivity (Wildman–Crippen MR) is 69.6 cm³/mol. The van der Waals surface area contributed by atoms with Gasteiger partial charge in [-0.3, -0.25) is 4.79 Å². The summed E-state index contributed by atoms with van der Waals surface area (Å²) in [6, 6.07) is 2.71. The number of ether oxygens (including phenoxy) is 1. The second-order valence-corrected chi connectivity index (χ2v) is 4.45. The van der Waals surface area contributed by atoms with E-state index in [4.69, 9.17) is 22.1 Å². The maximum atomic E-state index is 12.6. The highest BCUT2D eigenvalue weighted by Crippen LogP contribution is 2.33. The average Bonchev–Trinajstić information content (AvgIpc) is 2.37. The van der Waals surface area contributed by atoms with E-state index in [9.17, 15) is 18.0 Å². The van der Waals surface area contributed by atoms with Gasteiger partial charge in [-0.1, -0.05) is 11.6 Å². The number of anilines is 1. The van der Waals surface area contributed by atoms with Crippen LogP contribution in [0.25, 0.3) is 0 Å². The van der Waals surface area contributed by atoms with Crippen LogP contribution in [0.4, 0.5) is 18.9 Å². The molecule has 0 aromatic heterocycles. The standard InChI is InChI=1S/C12H14ClF3N2O2/c1-20-8(6-17)5-11(19)18-10-4-7(12(14,15)16)2-3-9(10)13/h2-4,8H,5-6,17H2,1H3,(H,18,19). The molecule has 0 heterocycles. The molecule has 0 saturated heterocycles. The summed E-state index contributed by atoms with van der Waals surface area (Å²) in [7, 11) is 1.39. The third-order valence-corrected chi connectivity index (χ3v) is 2.91. The Bertz CT molecular complexity index is 476. The lowest BCUT2D eigenvalue weighted by atomic mass is 10.2. The number of benzene rings is 1. The normalized spacial score (nSPS) is 13.1. The molecular formula is C12H14ClF3N2O2. The van der Waals surface area contributed by atoms with Crippen LogP contribution in [0.5, 0.6) is 0 Å². The number of amides is 1. The lowest BCUT2D eigenvalue weighted by Gasteiger charge is -2.14. The van der Waals surface area contributed by atoms with Crippen LogP contribution in [-0.2, 0) is 15.7 Å². The molecule has 1 rings (SSSR count). The van der Waals surface area contributed by atoms with Gasteiger partial charge in [-0.25, -0.2) is 0 Å². The first kappa shape index (κ1) is 16.7. The molecule has 0 bridgehead atoms. The van der Waals surface area contributed by atoms with Gasteiger partial charge in [0.1, 0.15) is 0 Å². The summed E-state index contributed by atoms with van der Waals surface area (Å²) in [4.78, 5) is 11.7. The van der Waals surface area contributed by atoms with E-state index in [1.165, 1.54) is 7.11 Å². The third-order valence-electron chi connectivity index (χ3n) is 2.58. The summed E-state index contributed by atoms with van der Waals surface area (Å²) in [6.07, 6.45) is -5.07. The molecule has 1 aromatic carbocycles. The summed E-state index contributed by atoms with van der Waals surface area (Å²) in [5.41, 5.74) is 4.37. The van der Waals surface area contributed by atoms with Crippen LogP contribution < -0.4 is 11.1 Å². The van der Waals surface area contributed by atoms with Gasteiger partial charge in [-0.05, 0) is 18.2 Å². The highest BCUT2D eigenvalue weighted by molar-refractivity contribution is 6.33. The van der Waals surface area contributed by atoms with Crippen molar-refractivity contribution in [3.05, 3.63) is 28.8 Å². The Kier molecular flexibility index (Phi) is 5.79. The fraction of sp³-hybridized carbons (Fsp3) is 0.417. The van der Waals surface area contributed by atoms with Gasteiger partial charge < -0.3 is 15.8 Å². The molecule has 0 saturated carbocycles. The van der Waals surface area contributed by atoms with Gasteiger partial charge >= 0.3 is 6.18 Å². The van der Waals surface area contributed by atoms with Gasteiger partial charge in [0.15, 0.2) is 0 Å². The zero-order valence-electron chi connectivity index (χ0n) is 10.6. The van der Waals surface area contributed by atoms with E-state index >= 15 is 0 Å². The van der Waals surface area contributed by atoms with Crippen LogP contribution >= 0.6 is 11.6 Å². The molecule has 20 heavy (non-hydrogen) atoms. The molecule has 0 spiro atoms. The van der Waals surface area contributed by atoms with Crippen molar-refractivity contribution in [3.63, 3.8) is 0 Å². The second kappa shape index (κ2) is 6.92. The molecule has 0 fully saturated rings. The zero-order valence-corrected chi connectivity index (χ0v) is 11.4. The van der Waals surface area contributed by atoms with Crippen molar-refractivity contribution in [1.82, 2.24) is 0 Å². The van der Waals surface area contributed by atoms with Gasteiger partial charge in [0, 0.05) is 13.7 Å². The SMILES string of the molecule is COC(CN)CC(=O)Nc1cc(C(F)(F)F)ccc1Cl. The lowest BCUT2D eigenvalue weighted by Crippen LogP contribution is -2.28. The number of nitrogens with one attached hydrogen (secondary N) is 1. The number of hydrogen-bond acceptors (Lipinski definition) is 3. The van der Waals surface area contributed by atoms with Crippen LogP contribution in [0.2, 0.25) is 5.02 Å². The van der Waals surface area contributed by atoms with E-state index in [1.807, 2.05) is 0 Å². The monoisotopic (exact) mass is 310 g/mol. The van der Waals surface area contributed by atoms with Crippen molar-refractivity contribution < 1.29 is 22.7 Å². The summed E-state index contributed by atoms with van der Waals surface area (Å²) < 4.78 is 42.6. The van der Waals surface area contributed by atoms with Crippen molar-refractivity contribution in [2.45, 2.75) is 18.7 Å². The number of carbonyl (C=O) groups excluding carboxylic acids is 1. The van der Waals surface area contributed by atoms with E-state index in [-0.39, 0.29) is 23.7 Å². The Balaban J connectivity index is 2.84. The minimum atomic E-state index is -4.50. The molecule has 112 valence electrons. The Morgan fingerprint density at radius 3 is 2.65 bits per heavy atom. The highest BCUT2D eigenvalue weighted by Gasteiger charge is 2.31. The molecule has 1 atom stereocenters. The van der Waals surface area contributed by atoms with Gasteiger partial charge in [-0.15, -0.1) is 0 Å². The predicted octanol–water partition coefficient (Wildman–Crippen LogP) is 2.66. The molecule has 0 aliphatic carbocycles. The van der Waals surface area contributed by atoms with E-state index in [1.54, 1.807) is 0 Å². The van der Waals surface area contributed by atoms with E-state index in [2.05, 4.69) is 5.32 Å². The second-order valence-electron chi connectivity index (χ2n) is 4.04. The molecule has 3 N–H and O–H groups in total. The summed E-state index contributed by atoms with van der Waals surface area (Å²) in [6.45, 7) is 0.125. The van der Waals surface area contributed by atoms with Crippen LogP contribution in [0.1, 0.15) is 12.0 Å². The minimum Gasteiger partial charge on any atom is -0.380 e. The number of alkyl halides is 3. The largest absolute Gasteiger partial charge is 0.416 e. The number of carbonyl (C=O) groups is 1. The van der Waals surface area contributed by atoms with E-state index < -0.39 is 23.8 Å². The smallest absolute Gasteiger partial charge is 0.380 e. The lowest BCUT2D eigenvalue weighted by molar-refractivity contribution is -0.137. The molecule has 1 amide bonds. The quantitative estimate of drug-likeness (QED) is 0.879. The molecule has 8 heteroatoms. The minimum absolute atomic E-state index is 0.0214. The molecule has 1 unspecified atom stereocenters. The summed E-state index contributed by atoms with van der Waals surface area (Å²) in [5.74, 6) is -0.525. The summed E-state index contributed by atoms with van der Waals surface area (Å²) >= 11 is 5.76. The van der Waals surface area contributed by atoms with E-state index in [0.717, 1.165) is 18.2 Å². The first-order chi connectivity index (χ1) is 9.27. The Morgan fingerprint density at radius 1 is 1.50 bits per heavy atom. The first-order valence-corrected chi connectivity index (χ1v) is 6.05. The van der Waals surface area contributed by atoms with Crippen molar-refractivity contribution in [3.8, 4) is 0 Å². The molecule has 4 nitrogen and oxygen atoms in total. The highest BCUT2D eigenvalue weighted by atomic mass is 35.5. The average molecular weight is 311 g/mol. The van der Waals surface area contributed by atoms with Gasteiger partial charge in [-0.2, -0.15) is 13.2 Å². The fourth-order valence-corrected chi connectivity index (χ4v) is 1.63. The number of halogens is 4. The van der Waals surface area contributed by atoms with Crippen molar-refractivity contribution in [1.29, 1.82) is 0 Å². The van der Waals surface area contributed by atoms with Crippen LogP contribution in [0, 0.1) is 0 Å². The fourth-order valence-electron chi connectivity index (χ4n) is 1.47. The molecule has 1 aromatic rings. The Morgan fingerprint density at radius 2 is 2.15 bits per heavy atom. The maximum Gasteiger partial charge on any atom is 0.416 e. The third kappa shape index (κ3) is 4.66. The van der Waals surface area contributed by atoms with Crippen molar-refractivity contribution in [2.75, 3.05) is 19.0 Å². The Hall–Kier alpha value is -1.31. The topological polar surface area (TPSA) is 64.3 Å².